The quantitative estimate of drug-likeness (QED) is 0.650. The molecule has 2 fully saturated rings. The highest BCUT2D eigenvalue weighted by molar-refractivity contribution is 5.93. The Bertz CT molecular complexity index is 525. The summed E-state index contributed by atoms with van der Waals surface area (Å²) >= 11 is 0. The highest BCUT2D eigenvalue weighted by atomic mass is 16.4. The summed E-state index contributed by atoms with van der Waals surface area (Å²) < 4.78 is 0. The third kappa shape index (κ3) is 3.60. The van der Waals surface area contributed by atoms with Crippen LogP contribution in [0.1, 0.15) is 48.9 Å². The van der Waals surface area contributed by atoms with Crippen LogP contribution in [0.4, 0.5) is 11.8 Å². The van der Waals surface area contributed by atoms with E-state index in [0.29, 0.717) is 17.8 Å². The fourth-order valence-corrected chi connectivity index (χ4v) is 2.54. The average molecular weight is 292 g/mol. The van der Waals surface area contributed by atoms with Crippen molar-refractivity contribution < 1.29 is 15.0 Å². The van der Waals surface area contributed by atoms with Gasteiger partial charge in [0.2, 0.25) is 5.95 Å². The molecule has 0 aliphatic heterocycles. The normalized spacial score (nSPS) is 25.4. The molecular formula is C14H20N4O3. The lowest BCUT2D eigenvalue weighted by Crippen LogP contribution is -2.29. The first-order valence-corrected chi connectivity index (χ1v) is 7.43. The smallest absolute Gasteiger partial charge is 0.341 e. The van der Waals surface area contributed by atoms with Gasteiger partial charge in [0.1, 0.15) is 11.4 Å². The number of hydrogen-bond donors (Lipinski definition) is 4. The second kappa shape index (κ2) is 5.85. The van der Waals surface area contributed by atoms with Gasteiger partial charge in [-0.15, -0.1) is 0 Å². The van der Waals surface area contributed by atoms with Crippen LogP contribution in [0.2, 0.25) is 0 Å². The molecule has 114 valence electrons. The molecular weight excluding hydrogens is 272 g/mol. The summed E-state index contributed by atoms with van der Waals surface area (Å²) in [6, 6.07) is 0.563. The zero-order chi connectivity index (χ0) is 14.8. The molecule has 2 aliphatic rings. The first kappa shape index (κ1) is 14.1. The molecule has 2 aliphatic carbocycles. The molecule has 1 aromatic heterocycles. The van der Waals surface area contributed by atoms with E-state index < -0.39 is 5.97 Å². The second-order valence-electron chi connectivity index (χ2n) is 5.83. The minimum Gasteiger partial charge on any atom is -0.477 e. The van der Waals surface area contributed by atoms with Crippen LogP contribution in [-0.2, 0) is 0 Å². The maximum atomic E-state index is 11.3. The van der Waals surface area contributed by atoms with E-state index in [1.54, 1.807) is 0 Å². The monoisotopic (exact) mass is 292 g/mol. The topological polar surface area (TPSA) is 107 Å². The number of nitrogens with zero attached hydrogens (tertiary/aromatic N) is 2. The standard InChI is InChI=1S/C14H20N4O3/c19-10-5-3-8(4-6-10)16-12-11(13(20)21)7-15-14(18-12)17-9-1-2-9/h7-10,19H,1-6H2,(H,20,21)(H2,15,16,17,18). The number of carboxylic acids is 1. The van der Waals surface area contributed by atoms with Crippen LogP contribution in [0, 0.1) is 0 Å². The van der Waals surface area contributed by atoms with Crippen molar-refractivity contribution in [2.45, 2.75) is 56.7 Å². The van der Waals surface area contributed by atoms with E-state index in [1.165, 1.54) is 6.20 Å². The van der Waals surface area contributed by atoms with Crippen molar-refractivity contribution in [3.05, 3.63) is 11.8 Å². The highest BCUT2D eigenvalue weighted by Crippen LogP contribution is 2.26. The number of anilines is 2. The van der Waals surface area contributed by atoms with Crippen LogP contribution in [0.5, 0.6) is 0 Å². The zero-order valence-electron chi connectivity index (χ0n) is 11.7. The summed E-state index contributed by atoms with van der Waals surface area (Å²) in [5.41, 5.74) is 0.0856. The Morgan fingerprint density at radius 3 is 2.33 bits per heavy atom. The molecule has 0 radical (unpaired) electrons. The molecule has 1 aromatic rings. The van der Waals surface area contributed by atoms with Crippen LogP contribution in [0.25, 0.3) is 0 Å². The van der Waals surface area contributed by atoms with Crippen LogP contribution in [0.15, 0.2) is 6.20 Å². The van der Waals surface area contributed by atoms with Gasteiger partial charge in [-0.25, -0.2) is 9.78 Å². The first-order valence-electron chi connectivity index (χ1n) is 7.43. The second-order valence-corrected chi connectivity index (χ2v) is 5.83. The zero-order valence-corrected chi connectivity index (χ0v) is 11.7. The number of aromatic carboxylic acids is 1. The van der Waals surface area contributed by atoms with Gasteiger partial charge in [0.25, 0.3) is 0 Å². The minimum atomic E-state index is -1.04. The lowest BCUT2D eigenvalue weighted by molar-refractivity contribution is 0.0696. The minimum absolute atomic E-state index is 0.0856. The largest absolute Gasteiger partial charge is 0.477 e. The molecule has 1 heterocycles. The highest BCUT2D eigenvalue weighted by Gasteiger charge is 2.25. The van der Waals surface area contributed by atoms with E-state index in [1.807, 2.05) is 0 Å². The Morgan fingerprint density at radius 1 is 1.10 bits per heavy atom. The van der Waals surface area contributed by atoms with Crippen LogP contribution in [0.3, 0.4) is 0 Å². The van der Waals surface area contributed by atoms with E-state index in [0.717, 1.165) is 38.5 Å². The number of aliphatic hydroxyl groups excluding tert-OH is 1. The summed E-state index contributed by atoms with van der Waals surface area (Å²) in [5, 5.41) is 25.1. The van der Waals surface area contributed by atoms with Crippen molar-refractivity contribution >= 4 is 17.7 Å². The summed E-state index contributed by atoms with van der Waals surface area (Å²) in [5.74, 6) is -0.200. The van der Waals surface area contributed by atoms with Gasteiger partial charge >= 0.3 is 5.97 Å². The number of nitrogens with one attached hydrogen (secondary N) is 2. The van der Waals surface area contributed by atoms with Crippen molar-refractivity contribution in [2.24, 2.45) is 0 Å². The van der Waals surface area contributed by atoms with Crippen molar-refractivity contribution in [1.82, 2.24) is 9.97 Å². The van der Waals surface area contributed by atoms with Crippen molar-refractivity contribution in [3.8, 4) is 0 Å². The van der Waals surface area contributed by atoms with E-state index >= 15 is 0 Å². The Labute approximate surface area is 122 Å². The van der Waals surface area contributed by atoms with Crippen molar-refractivity contribution in [3.63, 3.8) is 0 Å². The Kier molecular flexibility index (Phi) is 3.92. The van der Waals surface area contributed by atoms with Crippen molar-refractivity contribution in [2.75, 3.05) is 10.6 Å². The first-order chi connectivity index (χ1) is 10.1. The fraction of sp³-hybridized carbons (Fsp3) is 0.643. The number of carbonyl (C=O) groups is 1. The molecule has 0 amide bonds. The molecule has 0 unspecified atom stereocenters. The summed E-state index contributed by atoms with van der Waals surface area (Å²) in [4.78, 5) is 19.7. The number of aliphatic hydroxyl groups is 1. The molecule has 0 spiro atoms. The van der Waals surface area contributed by atoms with E-state index in [9.17, 15) is 15.0 Å². The molecule has 7 nitrogen and oxygen atoms in total. The fourth-order valence-electron chi connectivity index (χ4n) is 2.54. The van der Waals surface area contributed by atoms with Gasteiger partial charge in [-0.05, 0) is 38.5 Å². The van der Waals surface area contributed by atoms with Gasteiger partial charge in [-0.3, -0.25) is 0 Å². The Hall–Kier alpha value is -1.89. The maximum Gasteiger partial charge on any atom is 0.341 e. The average Bonchev–Trinajstić information content (AvgIpc) is 3.25. The van der Waals surface area contributed by atoms with Gasteiger partial charge in [0.05, 0.1) is 6.10 Å². The Morgan fingerprint density at radius 2 is 1.71 bits per heavy atom. The SMILES string of the molecule is O=C(O)c1cnc(NC2CC2)nc1NC1CCC(O)CC1. The van der Waals surface area contributed by atoms with Crippen LogP contribution < -0.4 is 10.6 Å². The van der Waals surface area contributed by atoms with E-state index in [-0.39, 0.29) is 17.7 Å². The van der Waals surface area contributed by atoms with E-state index in [2.05, 4.69) is 20.6 Å². The van der Waals surface area contributed by atoms with Gasteiger partial charge in [-0.2, -0.15) is 4.98 Å². The molecule has 0 aromatic carbocycles. The Balaban J connectivity index is 1.74. The molecule has 4 N–H and O–H groups in total. The summed E-state index contributed by atoms with van der Waals surface area (Å²) in [6.07, 6.45) is 6.42. The summed E-state index contributed by atoms with van der Waals surface area (Å²) in [6.45, 7) is 0. The molecule has 0 saturated heterocycles. The predicted molar refractivity (Wildman–Crippen MR) is 77.5 cm³/mol. The van der Waals surface area contributed by atoms with Gasteiger partial charge in [0, 0.05) is 18.3 Å². The molecule has 0 bridgehead atoms. The number of carboxylic acid groups (broad SMARTS) is 1. The summed E-state index contributed by atoms with van der Waals surface area (Å²) in [7, 11) is 0. The van der Waals surface area contributed by atoms with E-state index in [4.69, 9.17) is 0 Å². The van der Waals surface area contributed by atoms with Crippen LogP contribution >= 0.6 is 0 Å². The van der Waals surface area contributed by atoms with Crippen molar-refractivity contribution in [1.29, 1.82) is 0 Å². The molecule has 21 heavy (non-hydrogen) atoms. The van der Waals surface area contributed by atoms with Gasteiger partial charge in [0.15, 0.2) is 0 Å². The van der Waals surface area contributed by atoms with Gasteiger partial charge in [-0.1, -0.05) is 0 Å². The van der Waals surface area contributed by atoms with Crippen LogP contribution in [-0.4, -0.2) is 44.3 Å². The number of aromatic nitrogens is 2. The number of rotatable bonds is 5. The third-order valence-electron chi connectivity index (χ3n) is 3.97. The molecule has 2 saturated carbocycles. The maximum absolute atomic E-state index is 11.3. The molecule has 7 heteroatoms. The lowest BCUT2D eigenvalue weighted by atomic mass is 9.93. The molecule has 0 atom stereocenters. The number of hydrogen-bond acceptors (Lipinski definition) is 6. The van der Waals surface area contributed by atoms with Gasteiger partial charge < -0.3 is 20.8 Å². The molecule has 3 rings (SSSR count). The third-order valence-corrected chi connectivity index (χ3v) is 3.97. The predicted octanol–water partition coefficient (Wildman–Crippen LogP) is 1.46. The lowest BCUT2D eigenvalue weighted by Gasteiger charge is -2.27.